The van der Waals surface area contributed by atoms with Crippen LogP contribution in [0.2, 0.25) is 0 Å². The minimum atomic E-state index is -0.544. The highest BCUT2D eigenvalue weighted by Crippen LogP contribution is 2.41. The normalized spacial score (nSPS) is 46.8. The van der Waals surface area contributed by atoms with E-state index in [1.807, 2.05) is 0 Å². The second kappa shape index (κ2) is 11.1. The standard InChI is InChI=1S/C29H44O8/c1-16-2-3-18(15-34-29(32)20-6-9-24-27(13-20)37-24)11-25(16)35-22-7-4-17(10-21(22)30)14-33-28(31)19-5-8-23-26(12-19)36-23/h16-27,30H,2-15H2,1H3. The first-order valence-corrected chi connectivity index (χ1v) is 14.9. The van der Waals surface area contributed by atoms with E-state index in [0.29, 0.717) is 43.7 Å². The van der Waals surface area contributed by atoms with Crippen molar-refractivity contribution < 1.29 is 38.4 Å². The van der Waals surface area contributed by atoms with E-state index in [9.17, 15) is 14.7 Å². The van der Waals surface area contributed by atoms with Crippen molar-refractivity contribution in [3.63, 3.8) is 0 Å². The number of aliphatic hydroxyl groups is 1. The molecule has 0 aromatic heterocycles. The van der Waals surface area contributed by atoms with Crippen LogP contribution in [0.3, 0.4) is 0 Å². The van der Waals surface area contributed by atoms with Gasteiger partial charge in [-0.25, -0.2) is 0 Å². The number of fused-ring (bicyclic) bond motifs is 2. The highest BCUT2D eigenvalue weighted by molar-refractivity contribution is 5.73. The number of rotatable bonds is 8. The molecule has 0 spiro atoms. The number of hydrogen-bond acceptors (Lipinski definition) is 8. The van der Waals surface area contributed by atoms with Gasteiger partial charge in [0, 0.05) is 0 Å². The Morgan fingerprint density at radius 3 is 1.81 bits per heavy atom. The molecule has 4 saturated carbocycles. The summed E-state index contributed by atoms with van der Waals surface area (Å²) in [6.45, 7) is 3.07. The molecule has 12 unspecified atom stereocenters. The Labute approximate surface area is 220 Å². The largest absolute Gasteiger partial charge is 0.465 e. The third kappa shape index (κ3) is 6.34. The zero-order valence-electron chi connectivity index (χ0n) is 22.1. The van der Waals surface area contributed by atoms with Crippen LogP contribution in [-0.2, 0) is 33.3 Å². The first-order valence-electron chi connectivity index (χ1n) is 14.9. The highest BCUT2D eigenvalue weighted by atomic mass is 16.6. The van der Waals surface area contributed by atoms with Crippen LogP contribution in [0.5, 0.6) is 0 Å². The zero-order chi connectivity index (χ0) is 25.5. The number of epoxide rings is 2. The van der Waals surface area contributed by atoms with E-state index in [-0.39, 0.29) is 54.1 Å². The van der Waals surface area contributed by atoms with Gasteiger partial charge in [-0.3, -0.25) is 9.59 Å². The molecular weight excluding hydrogens is 476 g/mol. The van der Waals surface area contributed by atoms with Crippen LogP contribution < -0.4 is 0 Å². The quantitative estimate of drug-likeness (QED) is 0.382. The lowest BCUT2D eigenvalue weighted by Crippen LogP contribution is -2.43. The van der Waals surface area contributed by atoms with Crippen LogP contribution in [0.1, 0.15) is 84.0 Å². The second-order valence-corrected chi connectivity index (χ2v) is 12.8. The third-order valence-electron chi connectivity index (χ3n) is 10.0. The van der Waals surface area contributed by atoms with Crippen molar-refractivity contribution in [2.75, 3.05) is 13.2 Å². The molecule has 2 saturated heterocycles. The Morgan fingerprint density at radius 2 is 1.24 bits per heavy atom. The number of aliphatic hydroxyl groups excluding tert-OH is 1. The Balaban J connectivity index is 0.906. The summed E-state index contributed by atoms with van der Waals surface area (Å²) in [4.78, 5) is 25.0. The predicted octanol–water partition coefficient (Wildman–Crippen LogP) is 3.56. The van der Waals surface area contributed by atoms with Crippen molar-refractivity contribution in [2.24, 2.45) is 29.6 Å². The van der Waals surface area contributed by atoms with Crippen molar-refractivity contribution in [1.82, 2.24) is 0 Å². The van der Waals surface area contributed by atoms with Crippen molar-refractivity contribution in [1.29, 1.82) is 0 Å². The molecule has 37 heavy (non-hydrogen) atoms. The summed E-state index contributed by atoms with van der Waals surface area (Å²) in [5, 5.41) is 10.9. The van der Waals surface area contributed by atoms with Gasteiger partial charge in [0.05, 0.1) is 67.8 Å². The Bertz CT molecular complexity index is 833. The van der Waals surface area contributed by atoms with Crippen LogP contribution in [0.25, 0.3) is 0 Å². The van der Waals surface area contributed by atoms with E-state index in [1.165, 1.54) is 0 Å². The van der Waals surface area contributed by atoms with Gasteiger partial charge in [-0.05, 0) is 94.8 Å². The molecular formula is C29H44O8. The molecule has 2 aliphatic heterocycles. The highest BCUT2D eigenvalue weighted by Gasteiger charge is 2.47. The fraction of sp³-hybridized carbons (Fsp3) is 0.931. The van der Waals surface area contributed by atoms with Crippen LogP contribution in [-0.4, -0.2) is 73.0 Å². The third-order valence-corrected chi connectivity index (χ3v) is 10.0. The van der Waals surface area contributed by atoms with E-state index in [4.69, 9.17) is 23.7 Å². The van der Waals surface area contributed by atoms with Gasteiger partial charge in [-0.1, -0.05) is 6.92 Å². The van der Waals surface area contributed by atoms with Crippen molar-refractivity contribution in [2.45, 2.75) is 127 Å². The molecule has 208 valence electrons. The van der Waals surface area contributed by atoms with Gasteiger partial charge in [0.1, 0.15) is 0 Å². The molecule has 6 fully saturated rings. The molecule has 0 aromatic carbocycles. The average Bonchev–Trinajstić information content (AvgIpc) is 3.82. The SMILES string of the molecule is CC1CCC(COC(=O)C2CCC3OC3C2)CC1OC1CCC(COC(=O)C2CCC3OC3C2)CC1O. The minimum Gasteiger partial charge on any atom is -0.465 e. The summed E-state index contributed by atoms with van der Waals surface area (Å²) >= 11 is 0. The van der Waals surface area contributed by atoms with Crippen LogP contribution in [0.4, 0.5) is 0 Å². The second-order valence-electron chi connectivity index (χ2n) is 12.8. The lowest BCUT2D eigenvalue weighted by atomic mass is 9.80. The summed E-state index contributed by atoms with van der Waals surface area (Å²) in [6, 6.07) is 0. The molecule has 6 rings (SSSR count). The predicted molar refractivity (Wildman–Crippen MR) is 132 cm³/mol. The van der Waals surface area contributed by atoms with Gasteiger partial charge in [-0.15, -0.1) is 0 Å². The average molecular weight is 521 g/mol. The molecule has 12 atom stereocenters. The van der Waals surface area contributed by atoms with Gasteiger partial charge in [-0.2, -0.15) is 0 Å². The lowest BCUT2D eigenvalue weighted by molar-refractivity contribution is -0.158. The molecule has 8 nitrogen and oxygen atoms in total. The summed E-state index contributed by atoms with van der Waals surface area (Å²) in [5.41, 5.74) is 0. The minimum absolute atomic E-state index is 0.00912. The molecule has 0 amide bonds. The fourth-order valence-corrected chi connectivity index (χ4v) is 7.31. The summed E-state index contributed by atoms with van der Waals surface area (Å²) < 4.78 is 29.0. The topological polar surface area (TPSA) is 107 Å². The van der Waals surface area contributed by atoms with Gasteiger partial charge in [0.2, 0.25) is 0 Å². The number of carbonyl (C=O) groups excluding carboxylic acids is 2. The van der Waals surface area contributed by atoms with E-state index in [0.717, 1.165) is 70.6 Å². The van der Waals surface area contributed by atoms with E-state index in [2.05, 4.69) is 6.92 Å². The van der Waals surface area contributed by atoms with E-state index < -0.39 is 6.10 Å². The molecule has 8 heteroatoms. The molecule has 2 heterocycles. The summed E-state index contributed by atoms with van der Waals surface area (Å²) in [5.74, 6) is 0.708. The first-order chi connectivity index (χ1) is 17.9. The van der Waals surface area contributed by atoms with E-state index >= 15 is 0 Å². The summed E-state index contributed by atoms with van der Waals surface area (Å²) in [7, 11) is 0. The number of carbonyl (C=O) groups is 2. The maximum absolute atomic E-state index is 12.6. The Hall–Kier alpha value is -1.22. The van der Waals surface area contributed by atoms with Gasteiger partial charge in [0.15, 0.2) is 0 Å². The maximum atomic E-state index is 12.6. The smallest absolute Gasteiger partial charge is 0.309 e. The van der Waals surface area contributed by atoms with Crippen LogP contribution in [0.15, 0.2) is 0 Å². The Kier molecular flexibility index (Phi) is 7.81. The van der Waals surface area contributed by atoms with Gasteiger partial charge in [0.25, 0.3) is 0 Å². The molecule has 0 aromatic rings. The monoisotopic (exact) mass is 520 g/mol. The van der Waals surface area contributed by atoms with Crippen molar-refractivity contribution in [3.05, 3.63) is 0 Å². The zero-order valence-corrected chi connectivity index (χ0v) is 22.1. The molecule has 0 radical (unpaired) electrons. The van der Waals surface area contributed by atoms with Crippen LogP contribution in [0, 0.1) is 29.6 Å². The van der Waals surface area contributed by atoms with Gasteiger partial charge >= 0.3 is 11.9 Å². The number of esters is 2. The van der Waals surface area contributed by atoms with E-state index in [1.54, 1.807) is 0 Å². The first kappa shape index (κ1) is 26.0. The summed E-state index contributed by atoms with van der Waals surface area (Å²) in [6.07, 6.45) is 11.2. The fourth-order valence-electron chi connectivity index (χ4n) is 7.31. The van der Waals surface area contributed by atoms with Crippen molar-refractivity contribution >= 4 is 11.9 Å². The molecule has 1 N–H and O–H groups in total. The van der Waals surface area contributed by atoms with Gasteiger partial charge < -0.3 is 28.8 Å². The molecule has 6 aliphatic rings. The molecule has 4 aliphatic carbocycles. The Morgan fingerprint density at radius 1 is 0.676 bits per heavy atom. The number of hydrogen-bond donors (Lipinski definition) is 1. The van der Waals surface area contributed by atoms with Crippen LogP contribution >= 0.6 is 0 Å². The van der Waals surface area contributed by atoms with Crippen molar-refractivity contribution in [3.8, 4) is 0 Å². The molecule has 0 bridgehead atoms. The lowest BCUT2D eigenvalue weighted by Gasteiger charge is -2.40. The maximum Gasteiger partial charge on any atom is 0.309 e. The number of ether oxygens (including phenoxy) is 5.